The third-order valence-electron chi connectivity index (χ3n) is 3.14. The first-order valence-corrected chi connectivity index (χ1v) is 6.63. The van der Waals surface area contributed by atoms with Crippen molar-refractivity contribution < 1.29 is 0 Å². The predicted octanol–water partition coefficient (Wildman–Crippen LogP) is 2.31. The van der Waals surface area contributed by atoms with Gasteiger partial charge in [0.15, 0.2) is 0 Å². The maximum absolute atomic E-state index is 9.26. The van der Waals surface area contributed by atoms with E-state index in [9.17, 15) is 5.26 Å². The quantitative estimate of drug-likeness (QED) is 0.773. The van der Waals surface area contributed by atoms with Gasteiger partial charge in [-0.05, 0) is 37.9 Å². The van der Waals surface area contributed by atoms with Gasteiger partial charge in [-0.1, -0.05) is 6.92 Å². The van der Waals surface area contributed by atoms with Crippen molar-refractivity contribution in [1.82, 2.24) is 5.32 Å². The third-order valence-corrected chi connectivity index (χ3v) is 4.35. The molecule has 78 valence electrons. The normalized spacial score (nSPS) is 37.0. The molecule has 0 bridgehead atoms. The van der Waals surface area contributed by atoms with Crippen molar-refractivity contribution in [3.63, 3.8) is 0 Å². The minimum atomic E-state index is -0.173. The van der Waals surface area contributed by atoms with Gasteiger partial charge in [-0.25, -0.2) is 0 Å². The van der Waals surface area contributed by atoms with Crippen LogP contribution in [0.3, 0.4) is 0 Å². The first kappa shape index (κ1) is 10.3. The molecule has 0 heterocycles. The fraction of sp³-hybridized carbons (Fsp3) is 0.909. The van der Waals surface area contributed by atoms with Gasteiger partial charge in [0.25, 0.3) is 0 Å². The summed E-state index contributed by atoms with van der Waals surface area (Å²) >= 11 is 2.01. The molecule has 2 unspecified atom stereocenters. The van der Waals surface area contributed by atoms with Crippen LogP contribution in [-0.4, -0.2) is 22.6 Å². The van der Waals surface area contributed by atoms with Crippen LogP contribution in [0.25, 0.3) is 0 Å². The fourth-order valence-corrected chi connectivity index (χ4v) is 3.42. The van der Waals surface area contributed by atoms with Crippen molar-refractivity contribution in [3.05, 3.63) is 0 Å². The summed E-state index contributed by atoms with van der Waals surface area (Å²) in [6.45, 7) is 2.20. The second-order valence-electron chi connectivity index (χ2n) is 4.43. The number of nitrogens with zero attached hydrogens (tertiary/aromatic N) is 1. The summed E-state index contributed by atoms with van der Waals surface area (Å²) in [5.74, 6) is 1.18. The van der Waals surface area contributed by atoms with Crippen LogP contribution >= 0.6 is 11.8 Å². The second kappa shape index (κ2) is 4.12. The summed E-state index contributed by atoms with van der Waals surface area (Å²) in [4.78, 5) is 0. The lowest BCUT2D eigenvalue weighted by atomic mass is 10.00. The molecule has 2 aliphatic rings. The molecule has 0 aromatic rings. The first-order chi connectivity index (χ1) is 6.78. The highest BCUT2D eigenvalue weighted by Crippen LogP contribution is 2.38. The minimum Gasteiger partial charge on any atom is -0.297 e. The first-order valence-electron chi connectivity index (χ1n) is 5.58. The number of thioether (sulfide) groups is 1. The molecule has 0 spiro atoms. The highest BCUT2D eigenvalue weighted by molar-refractivity contribution is 7.99. The Morgan fingerprint density at radius 3 is 2.86 bits per heavy atom. The number of hydrogen-bond acceptors (Lipinski definition) is 3. The standard InChI is InChI=1S/C11H18N2S/c1-2-14-10-5-6-11(7-10,8-12)13-9-3-4-9/h9-10,13H,2-7H2,1H3. The van der Waals surface area contributed by atoms with Gasteiger partial charge in [0.05, 0.1) is 6.07 Å². The van der Waals surface area contributed by atoms with E-state index in [0.717, 1.165) is 12.8 Å². The lowest BCUT2D eigenvalue weighted by Crippen LogP contribution is -2.43. The number of rotatable bonds is 4. The number of nitriles is 1. The Morgan fingerprint density at radius 1 is 1.50 bits per heavy atom. The monoisotopic (exact) mass is 210 g/mol. The SMILES string of the molecule is CCSC1CCC(C#N)(NC2CC2)C1. The highest BCUT2D eigenvalue weighted by atomic mass is 32.2. The van der Waals surface area contributed by atoms with E-state index >= 15 is 0 Å². The van der Waals surface area contributed by atoms with E-state index in [0.29, 0.717) is 11.3 Å². The maximum atomic E-state index is 9.26. The molecule has 0 aromatic heterocycles. The minimum absolute atomic E-state index is 0.173. The summed E-state index contributed by atoms with van der Waals surface area (Å²) in [7, 11) is 0. The second-order valence-corrected chi connectivity index (χ2v) is 6.01. The molecule has 2 nitrogen and oxygen atoms in total. The average molecular weight is 210 g/mol. The van der Waals surface area contributed by atoms with Crippen LogP contribution in [-0.2, 0) is 0 Å². The molecule has 2 atom stereocenters. The Kier molecular flexibility index (Phi) is 3.04. The van der Waals surface area contributed by atoms with E-state index in [1.807, 2.05) is 11.8 Å². The van der Waals surface area contributed by atoms with Crippen LogP contribution < -0.4 is 5.32 Å². The zero-order chi connectivity index (χ0) is 10.0. The van der Waals surface area contributed by atoms with Gasteiger partial charge in [-0.2, -0.15) is 17.0 Å². The summed E-state index contributed by atoms with van der Waals surface area (Å²) < 4.78 is 0. The highest BCUT2D eigenvalue weighted by Gasteiger charge is 2.42. The summed E-state index contributed by atoms with van der Waals surface area (Å²) in [6, 6.07) is 3.17. The summed E-state index contributed by atoms with van der Waals surface area (Å²) in [6.07, 6.45) is 5.87. The molecule has 2 saturated carbocycles. The average Bonchev–Trinajstić information content (AvgIpc) is 2.89. The van der Waals surface area contributed by atoms with Crippen molar-refractivity contribution in [2.24, 2.45) is 0 Å². The van der Waals surface area contributed by atoms with Crippen LogP contribution in [0.1, 0.15) is 39.0 Å². The van der Waals surface area contributed by atoms with Crippen LogP contribution in [0.2, 0.25) is 0 Å². The molecule has 1 N–H and O–H groups in total. The van der Waals surface area contributed by atoms with Gasteiger partial charge in [0.1, 0.15) is 5.54 Å². The van der Waals surface area contributed by atoms with E-state index in [2.05, 4.69) is 18.3 Å². The van der Waals surface area contributed by atoms with E-state index in [1.165, 1.54) is 25.0 Å². The van der Waals surface area contributed by atoms with E-state index in [4.69, 9.17) is 0 Å². The van der Waals surface area contributed by atoms with Crippen molar-refractivity contribution >= 4 is 11.8 Å². The van der Waals surface area contributed by atoms with Crippen LogP contribution in [0.4, 0.5) is 0 Å². The van der Waals surface area contributed by atoms with Gasteiger partial charge in [0, 0.05) is 11.3 Å². The molecular weight excluding hydrogens is 192 g/mol. The zero-order valence-corrected chi connectivity index (χ0v) is 9.57. The lowest BCUT2D eigenvalue weighted by Gasteiger charge is -2.22. The van der Waals surface area contributed by atoms with Crippen LogP contribution in [0, 0.1) is 11.3 Å². The fourth-order valence-electron chi connectivity index (χ4n) is 2.26. The molecule has 0 radical (unpaired) electrons. The Labute approximate surface area is 90.4 Å². The van der Waals surface area contributed by atoms with Crippen molar-refractivity contribution in [2.45, 2.75) is 55.9 Å². The lowest BCUT2D eigenvalue weighted by molar-refractivity contribution is 0.420. The summed E-state index contributed by atoms with van der Waals surface area (Å²) in [5, 5.41) is 13.5. The van der Waals surface area contributed by atoms with Crippen molar-refractivity contribution in [2.75, 3.05) is 5.75 Å². The van der Waals surface area contributed by atoms with Gasteiger partial charge >= 0.3 is 0 Å². The van der Waals surface area contributed by atoms with E-state index in [-0.39, 0.29) is 5.54 Å². The number of nitrogens with one attached hydrogen (secondary N) is 1. The van der Waals surface area contributed by atoms with Crippen LogP contribution in [0.5, 0.6) is 0 Å². The molecule has 0 aliphatic heterocycles. The molecule has 14 heavy (non-hydrogen) atoms. The third kappa shape index (κ3) is 2.24. The molecule has 0 aromatic carbocycles. The van der Waals surface area contributed by atoms with E-state index in [1.54, 1.807) is 0 Å². The Balaban J connectivity index is 1.90. The Hall–Kier alpha value is -0.200. The van der Waals surface area contributed by atoms with Crippen LogP contribution in [0.15, 0.2) is 0 Å². The molecule has 3 heteroatoms. The van der Waals surface area contributed by atoms with Gasteiger partial charge in [0.2, 0.25) is 0 Å². The molecule has 0 amide bonds. The topological polar surface area (TPSA) is 35.8 Å². The number of hydrogen-bond donors (Lipinski definition) is 1. The zero-order valence-electron chi connectivity index (χ0n) is 8.75. The summed E-state index contributed by atoms with van der Waals surface area (Å²) in [5.41, 5.74) is -0.173. The molecular formula is C11H18N2S. The molecule has 2 aliphatic carbocycles. The van der Waals surface area contributed by atoms with Gasteiger partial charge in [-0.15, -0.1) is 0 Å². The van der Waals surface area contributed by atoms with Crippen molar-refractivity contribution in [3.8, 4) is 6.07 Å². The Bertz CT molecular complexity index is 244. The van der Waals surface area contributed by atoms with Gasteiger partial charge in [-0.3, -0.25) is 5.32 Å². The van der Waals surface area contributed by atoms with Gasteiger partial charge < -0.3 is 0 Å². The predicted molar refractivity (Wildman–Crippen MR) is 60.3 cm³/mol. The maximum Gasteiger partial charge on any atom is 0.108 e. The van der Waals surface area contributed by atoms with E-state index < -0.39 is 0 Å². The smallest absolute Gasteiger partial charge is 0.108 e. The molecule has 0 saturated heterocycles. The largest absolute Gasteiger partial charge is 0.297 e. The molecule has 2 rings (SSSR count). The van der Waals surface area contributed by atoms with Crippen molar-refractivity contribution in [1.29, 1.82) is 5.26 Å². The Morgan fingerprint density at radius 2 is 2.29 bits per heavy atom. The molecule has 2 fully saturated rings.